The Bertz CT molecular complexity index is 99.7. The van der Waals surface area contributed by atoms with Gasteiger partial charge >= 0.3 is 0 Å². The lowest BCUT2D eigenvalue weighted by Gasteiger charge is -2.26. The van der Waals surface area contributed by atoms with Crippen LogP contribution in [0.25, 0.3) is 0 Å². The van der Waals surface area contributed by atoms with Crippen molar-refractivity contribution in [2.24, 2.45) is 0 Å². The fraction of sp³-hybridized carbons (Fsp3) is 1.00. The molecule has 0 bridgehead atoms. The van der Waals surface area contributed by atoms with Crippen LogP contribution in [-0.4, -0.2) is 22.6 Å². The lowest BCUT2D eigenvalue weighted by atomic mass is 10.2. The van der Waals surface area contributed by atoms with Crippen molar-refractivity contribution in [2.45, 2.75) is 45.2 Å². The molecule has 0 aromatic heterocycles. The summed E-state index contributed by atoms with van der Waals surface area (Å²) < 4.78 is 0. The van der Waals surface area contributed by atoms with Gasteiger partial charge in [-0.15, -0.1) is 0 Å². The van der Waals surface area contributed by atoms with Gasteiger partial charge in [-0.3, -0.25) is 0 Å². The monoisotopic (exact) mass is 173 g/mol. The van der Waals surface area contributed by atoms with E-state index in [0.717, 1.165) is 12.1 Å². The zero-order valence-corrected chi connectivity index (χ0v) is 10.1. The quantitative estimate of drug-likeness (QED) is 0.625. The van der Waals surface area contributed by atoms with E-state index in [1.54, 1.807) is 0 Å². The normalized spacial score (nSPS) is 13.6. The average Bonchev–Trinajstić information content (AvgIpc) is 1.81. The molecule has 0 fully saturated rings. The van der Waals surface area contributed by atoms with Crippen LogP contribution in [0, 0.1) is 0 Å². The molecule has 0 unspecified atom stereocenters. The fourth-order valence-corrected chi connectivity index (χ4v) is 4.17. The van der Waals surface area contributed by atoms with Crippen LogP contribution in [0.3, 0.4) is 0 Å². The van der Waals surface area contributed by atoms with Gasteiger partial charge in [0.15, 0.2) is 0 Å². The number of rotatable bonds is 5. The summed E-state index contributed by atoms with van der Waals surface area (Å²) in [7, 11) is 0.0912. The van der Waals surface area contributed by atoms with E-state index in [-0.39, 0.29) is 9.52 Å². The second-order valence-electron chi connectivity index (χ2n) is 4.54. The first-order valence-electron chi connectivity index (χ1n) is 4.68. The second kappa shape index (κ2) is 4.94. The van der Waals surface area contributed by atoms with Crippen molar-refractivity contribution in [3.8, 4) is 0 Å². The minimum atomic E-state index is 0.0912. The van der Waals surface area contributed by atoms with Gasteiger partial charge < -0.3 is 5.32 Å². The van der Waals surface area contributed by atoms with Gasteiger partial charge in [0.1, 0.15) is 0 Å². The molecule has 1 nitrogen and oxygen atoms in total. The van der Waals surface area contributed by atoms with Crippen LogP contribution in [0.15, 0.2) is 0 Å². The van der Waals surface area contributed by atoms with Crippen LogP contribution in [0.5, 0.6) is 0 Å². The lowest BCUT2D eigenvalue weighted by Crippen LogP contribution is -2.29. The van der Waals surface area contributed by atoms with E-state index in [2.05, 4.69) is 39.9 Å². The SMILES string of the molecule is CCNCC(C)(C)[SiH2]C(C)C. The van der Waals surface area contributed by atoms with E-state index in [9.17, 15) is 0 Å². The first-order valence-corrected chi connectivity index (χ1v) is 6.21. The molecule has 0 atom stereocenters. The third kappa shape index (κ3) is 6.57. The molecule has 0 saturated heterocycles. The topological polar surface area (TPSA) is 12.0 Å². The van der Waals surface area contributed by atoms with Gasteiger partial charge in [0.05, 0.1) is 0 Å². The number of hydrogen-bond acceptors (Lipinski definition) is 1. The van der Waals surface area contributed by atoms with E-state index in [1.807, 2.05) is 0 Å². The summed E-state index contributed by atoms with van der Waals surface area (Å²) in [4.78, 5) is 0. The maximum atomic E-state index is 3.43. The molecule has 68 valence electrons. The Balaban J connectivity index is 3.61. The molecule has 0 aromatic carbocycles. The Kier molecular flexibility index (Phi) is 5.02. The first-order chi connectivity index (χ1) is 4.98. The van der Waals surface area contributed by atoms with E-state index >= 15 is 0 Å². The van der Waals surface area contributed by atoms with E-state index < -0.39 is 0 Å². The zero-order chi connectivity index (χ0) is 8.91. The Morgan fingerprint density at radius 2 is 1.91 bits per heavy atom. The van der Waals surface area contributed by atoms with Crippen molar-refractivity contribution in [2.75, 3.05) is 13.1 Å². The van der Waals surface area contributed by atoms with Crippen LogP contribution in [-0.2, 0) is 0 Å². The Hall–Kier alpha value is 0.177. The van der Waals surface area contributed by atoms with Gasteiger partial charge in [-0.05, 0) is 18.1 Å². The molecule has 0 rings (SSSR count). The van der Waals surface area contributed by atoms with E-state index in [4.69, 9.17) is 0 Å². The minimum absolute atomic E-state index is 0.0912. The van der Waals surface area contributed by atoms with E-state index in [0.29, 0.717) is 5.04 Å². The number of hydrogen-bond donors (Lipinski definition) is 1. The molecule has 0 saturated carbocycles. The van der Waals surface area contributed by atoms with Crippen LogP contribution < -0.4 is 5.32 Å². The molecular formula is C9H23NSi. The smallest absolute Gasteiger partial charge is 0.0305 e. The molecule has 0 radical (unpaired) electrons. The summed E-state index contributed by atoms with van der Waals surface area (Å²) in [5.41, 5.74) is 0.948. The minimum Gasteiger partial charge on any atom is -0.317 e. The molecule has 0 aliphatic rings. The third-order valence-electron chi connectivity index (χ3n) is 1.81. The number of nitrogens with one attached hydrogen (secondary N) is 1. The molecular weight excluding hydrogens is 150 g/mol. The lowest BCUT2D eigenvalue weighted by molar-refractivity contribution is 0.574. The summed E-state index contributed by atoms with van der Waals surface area (Å²) in [5, 5.41) is 4.03. The highest BCUT2D eigenvalue weighted by atomic mass is 28.2. The standard InChI is InChI=1S/C9H23NSi/c1-6-10-7-9(4,5)11-8(2)3/h8,10H,6-7,11H2,1-5H3. The van der Waals surface area contributed by atoms with Crippen LogP contribution in [0.1, 0.15) is 34.6 Å². The summed E-state index contributed by atoms with van der Waals surface area (Å²) >= 11 is 0. The highest BCUT2D eigenvalue weighted by Crippen LogP contribution is 2.25. The van der Waals surface area contributed by atoms with Gasteiger partial charge in [-0.2, -0.15) is 0 Å². The molecule has 0 amide bonds. The summed E-state index contributed by atoms with van der Waals surface area (Å²) in [5.74, 6) is 0. The van der Waals surface area contributed by atoms with Crippen molar-refractivity contribution < 1.29 is 0 Å². The summed E-state index contributed by atoms with van der Waals surface area (Å²) in [6.07, 6.45) is 0. The van der Waals surface area contributed by atoms with Gasteiger partial charge in [0, 0.05) is 9.52 Å². The van der Waals surface area contributed by atoms with Gasteiger partial charge in [-0.1, -0.05) is 40.2 Å². The molecule has 0 aromatic rings. The predicted octanol–water partition coefficient (Wildman–Crippen LogP) is 1.79. The first kappa shape index (κ1) is 11.2. The molecule has 0 heterocycles. The van der Waals surface area contributed by atoms with Crippen molar-refractivity contribution >= 4 is 9.52 Å². The highest BCUT2D eigenvalue weighted by molar-refractivity contribution is 6.41. The molecule has 0 aliphatic heterocycles. The van der Waals surface area contributed by atoms with E-state index in [1.165, 1.54) is 6.54 Å². The van der Waals surface area contributed by atoms with Gasteiger partial charge in [0.25, 0.3) is 0 Å². The van der Waals surface area contributed by atoms with Crippen molar-refractivity contribution in [3.63, 3.8) is 0 Å². The predicted molar refractivity (Wildman–Crippen MR) is 56.2 cm³/mol. The largest absolute Gasteiger partial charge is 0.317 e. The second-order valence-corrected chi connectivity index (χ2v) is 8.50. The van der Waals surface area contributed by atoms with Gasteiger partial charge in [0.2, 0.25) is 0 Å². The molecule has 11 heavy (non-hydrogen) atoms. The van der Waals surface area contributed by atoms with Crippen LogP contribution in [0.4, 0.5) is 0 Å². The summed E-state index contributed by atoms with van der Waals surface area (Å²) in [6, 6.07) is 0. The average molecular weight is 173 g/mol. The molecule has 0 spiro atoms. The molecule has 0 aliphatic carbocycles. The Morgan fingerprint density at radius 1 is 1.36 bits per heavy atom. The van der Waals surface area contributed by atoms with Crippen molar-refractivity contribution in [1.82, 2.24) is 5.32 Å². The maximum Gasteiger partial charge on any atom is 0.0305 e. The summed E-state index contributed by atoms with van der Waals surface area (Å²) in [6.45, 7) is 14.0. The Morgan fingerprint density at radius 3 is 2.27 bits per heavy atom. The molecule has 2 heteroatoms. The van der Waals surface area contributed by atoms with Gasteiger partial charge in [-0.25, -0.2) is 0 Å². The fourth-order valence-electron chi connectivity index (χ4n) is 1.64. The molecule has 1 N–H and O–H groups in total. The maximum absolute atomic E-state index is 3.43. The third-order valence-corrected chi connectivity index (χ3v) is 3.99. The highest BCUT2D eigenvalue weighted by Gasteiger charge is 2.18. The Labute approximate surface area is 73.8 Å². The van der Waals surface area contributed by atoms with Crippen LogP contribution >= 0.6 is 0 Å². The van der Waals surface area contributed by atoms with Crippen molar-refractivity contribution in [1.29, 1.82) is 0 Å². The van der Waals surface area contributed by atoms with Crippen molar-refractivity contribution in [3.05, 3.63) is 0 Å². The van der Waals surface area contributed by atoms with Crippen LogP contribution in [0.2, 0.25) is 10.6 Å². The zero-order valence-electron chi connectivity index (χ0n) is 8.70.